The monoisotopic (exact) mass is 364 g/mol. The Balaban J connectivity index is 1.77. The molecule has 0 fully saturated rings. The topological polar surface area (TPSA) is 41.6 Å². The molecule has 0 saturated heterocycles. The van der Waals surface area contributed by atoms with E-state index in [1.807, 2.05) is 11.0 Å². The molecule has 1 amide bonds. The summed E-state index contributed by atoms with van der Waals surface area (Å²) in [5.74, 6) is 0.890. The van der Waals surface area contributed by atoms with Gasteiger partial charge < -0.3 is 15.0 Å². The number of amides is 1. The maximum Gasteiger partial charge on any atom is 0.223 e. The average Bonchev–Trinajstić information content (AvgIpc) is 2.87. The highest BCUT2D eigenvalue weighted by molar-refractivity contribution is 9.10. The number of nitrogens with one attached hydrogen (secondary N) is 1. The molecular weight excluding hydrogens is 344 g/mol. The first-order valence-electron chi connectivity index (χ1n) is 7.71. The van der Waals surface area contributed by atoms with Gasteiger partial charge in [0.2, 0.25) is 5.91 Å². The van der Waals surface area contributed by atoms with Gasteiger partial charge in [-0.3, -0.25) is 4.79 Å². The van der Waals surface area contributed by atoms with Crippen LogP contribution in [0, 0.1) is 0 Å². The lowest BCUT2D eigenvalue weighted by atomic mass is 10.1. The Labute approximate surface area is 139 Å². The van der Waals surface area contributed by atoms with Crippen LogP contribution in [0.3, 0.4) is 0 Å². The SMILES string of the molecule is CC(=O)N1CCc2cc(Br)c(OCC3=CC(C)NCC3)cc21. The van der Waals surface area contributed by atoms with Crippen molar-refractivity contribution in [1.82, 2.24) is 5.32 Å². The average molecular weight is 365 g/mol. The van der Waals surface area contributed by atoms with E-state index in [-0.39, 0.29) is 5.91 Å². The summed E-state index contributed by atoms with van der Waals surface area (Å²) in [5.41, 5.74) is 3.50. The molecule has 4 nitrogen and oxygen atoms in total. The van der Waals surface area contributed by atoms with Gasteiger partial charge in [-0.25, -0.2) is 0 Å². The molecule has 3 rings (SSSR count). The third-order valence-corrected chi connectivity index (χ3v) is 4.84. The predicted octanol–water partition coefficient (Wildman–Crippen LogP) is 3.05. The van der Waals surface area contributed by atoms with Crippen molar-refractivity contribution in [3.8, 4) is 5.75 Å². The second kappa shape index (κ2) is 6.42. The molecule has 0 aromatic heterocycles. The van der Waals surface area contributed by atoms with Gasteiger partial charge in [0, 0.05) is 25.6 Å². The summed E-state index contributed by atoms with van der Waals surface area (Å²) < 4.78 is 6.95. The van der Waals surface area contributed by atoms with Gasteiger partial charge in [0.15, 0.2) is 0 Å². The summed E-state index contributed by atoms with van der Waals surface area (Å²) in [6, 6.07) is 4.47. The maximum atomic E-state index is 11.7. The molecule has 22 heavy (non-hydrogen) atoms. The number of nitrogens with zero attached hydrogens (tertiary/aromatic N) is 1. The van der Waals surface area contributed by atoms with Crippen LogP contribution in [0.4, 0.5) is 5.69 Å². The molecular formula is C17H21BrN2O2. The number of ether oxygens (including phenoxy) is 1. The Kier molecular flexibility index (Phi) is 4.54. The van der Waals surface area contributed by atoms with Crippen LogP contribution >= 0.6 is 15.9 Å². The number of halogens is 1. The van der Waals surface area contributed by atoms with Crippen molar-refractivity contribution in [3.05, 3.63) is 33.8 Å². The third-order valence-electron chi connectivity index (χ3n) is 4.22. The van der Waals surface area contributed by atoms with E-state index in [2.05, 4.69) is 40.3 Å². The Morgan fingerprint density at radius 1 is 1.45 bits per heavy atom. The minimum atomic E-state index is 0.0851. The number of carbonyl (C=O) groups excluding carboxylic acids is 1. The summed E-state index contributed by atoms with van der Waals surface area (Å²) in [5, 5.41) is 3.39. The standard InChI is InChI=1S/C17H21BrN2O2/c1-11-7-13(3-5-19-11)10-22-17-9-16-14(8-15(17)18)4-6-20(16)12(2)21/h7-9,11,19H,3-6,10H2,1-2H3. The first kappa shape index (κ1) is 15.6. The summed E-state index contributed by atoms with van der Waals surface area (Å²) in [6.45, 7) is 6.12. The molecule has 0 aliphatic carbocycles. The largest absolute Gasteiger partial charge is 0.488 e. The van der Waals surface area contributed by atoms with Gasteiger partial charge in [-0.1, -0.05) is 6.08 Å². The summed E-state index contributed by atoms with van der Waals surface area (Å²) in [6.07, 6.45) is 4.15. The highest BCUT2D eigenvalue weighted by atomic mass is 79.9. The fourth-order valence-corrected chi connectivity index (χ4v) is 3.58. The molecule has 1 atom stereocenters. The Hall–Kier alpha value is -1.33. The Morgan fingerprint density at radius 2 is 2.27 bits per heavy atom. The van der Waals surface area contributed by atoms with Crippen LogP contribution in [0.15, 0.2) is 28.3 Å². The van der Waals surface area contributed by atoms with Gasteiger partial charge >= 0.3 is 0 Å². The number of hydrogen-bond donors (Lipinski definition) is 1. The van der Waals surface area contributed by atoms with Gasteiger partial charge in [-0.05, 0) is 59.4 Å². The molecule has 118 valence electrons. The molecule has 0 spiro atoms. The van der Waals surface area contributed by atoms with E-state index in [0.29, 0.717) is 12.6 Å². The van der Waals surface area contributed by atoms with Crippen molar-refractivity contribution < 1.29 is 9.53 Å². The first-order valence-corrected chi connectivity index (χ1v) is 8.50. The zero-order valence-corrected chi connectivity index (χ0v) is 14.6. The van der Waals surface area contributed by atoms with Crippen LogP contribution in [0.1, 0.15) is 25.8 Å². The normalized spacial score (nSPS) is 20.6. The van der Waals surface area contributed by atoms with Gasteiger partial charge in [-0.15, -0.1) is 0 Å². The molecule has 2 aliphatic heterocycles. The van der Waals surface area contributed by atoms with E-state index in [9.17, 15) is 4.79 Å². The molecule has 1 aromatic carbocycles. The lowest BCUT2D eigenvalue weighted by Crippen LogP contribution is -2.30. The van der Waals surface area contributed by atoms with E-state index in [1.165, 1.54) is 11.1 Å². The van der Waals surface area contributed by atoms with E-state index in [0.717, 1.165) is 41.8 Å². The Morgan fingerprint density at radius 3 is 3.00 bits per heavy atom. The fraction of sp³-hybridized carbons (Fsp3) is 0.471. The second-order valence-electron chi connectivity index (χ2n) is 5.94. The second-order valence-corrected chi connectivity index (χ2v) is 6.79. The van der Waals surface area contributed by atoms with Crippen LogP contribution < -0.4 is 15.0 Å². The molecule has 5 heteroatoms. The van der Waals surface area contributed by atoms with Crippen molar-refractivity contribution in [2.75, 3.05) is 24.6 Å². The van der Waals surface area contributed by atoms with Crippen molar-refractivity contribution in [1.29, 1.82) is 0 Å². The molecule has 0 radical (unpaired) electrons. The molecule has 1 unspecified atom stereocenters. The highest BCUT2D eigenvalue weighted by Crippen LogP contribution is 2.37. The van der Waals surface area contributed by atoms with E-state index >= 15 is 0 Å². The van der Waals surface area contributed by atoms with Crippen molar-refractivity contribution in [2.24, 2.45) is 0 Å². The van der Waals surface area contributed by atoms with Gasteiger partial charge in [0.05, 0.1) is 10.2 Å². The highest BCUT2D eigenvalue weighted by Gasteiger charge is 2.24. The molecule has 1 aromatic rings. The number of rotatable bonds is 3. The van der Waals surface area contributed by atoms with Gasteiger partial charge in [-0.2, -0.15) is 0 Å². The van der Waals surface area contributed by atoms with Gasteiger partial charge in [0.25, 0.3) is 0 Å². The van der Waals surface area contributed by atoms with Crippen LogP contribution in [0.5, 0.6) is 5.75 Å². The van der Waals surface area contributed by atoms with E-state index < -0.39 is 0 Å². The molecule has 0 saturated carbocycles. The fourth-order valence-electron chi connectivity index (χ4n) is 3.07. The van der Waals surface area contributed by atoms with Crippen LogP contribution in [0.2, 0.25) is 0 Å². The molecule has 1 N–H and O–H groups in total. The molecule has 2 aliphatic rings. The first-order chi connectivity index (χ1) is 10.5. The van der Waals surface area contributed by atoms with E-state index in [1.54, 1.807) is 6.92 Å². The number of fused-ring (bicyclic) bond motifs is 1. The number of hydrogen-bond acceptors (Lipinski definition) is 3. The minimum Gasteiger partial charge on any atom is -0.488 e. The van der Waals surface area contributed by atoms with E-state index in [4.69, 9.17) is 4.74 Å². The quantitative estimate of drug-likeness (QED) is 0.838. The van der Waals surface area contributed by atoms with Crippen LogP contribution in [-0.2, 0) is 11.2 Å². The molecule has 0 bridgehead atoms. The third kappa shape index (κ3) is 3.20. The zero-order valence-electron chi connectivity index (χ0n) is 13.0. The number of carbonyl (C=O) groups is 1. The van der Waals surface area contributed by atoms with Crippen molar-refractivity contribution >= 4 is 27.5 Å². The van der Waals surface area contributed by atoms with Gasteiger partial charge in [0.1, 0.15) is 12.4 Å². The van der Waals surface area contributed by atoms with Crippen LogP contribution in [0.25, 0.3) is 0 Å². The summed E-state index contributed by atoms with van der Waals surface area (Å²) >= 11 is 3.58. The predicted molar refractivity (Wildman–Crippen MR) is 91.5 cm³/mol. The van der Waals surface area contributed by atoms with Crippen molar-refractivity contribution in [2.45, 2.75) is 32.7 Å². The lowest BCUT2D eigenvalue weighted by Gasteiger charge is -2.21. The summed E-state index contributed by atoms with van der Waals surface area (Å²) in [7, 11) is 0. The minimum absolute atomic E-state index is 0.0851. The number of benzene rings is 1. The summed E-state index contributed by atoms with van der Waals surface area (Å²) in [4.78, 5) is 13.5. The Bertz CT molecular complexity index is 627. The lowest BCUT2D eigenvalue weighted by molar-refractivity contribution is -0.116. The zero-order chi connectivity index (χ0) is 15.7. The smallest absolute Gasteiger partial charge is 0.223 e. The van der Waals surface area contributed by atoms with Crippen LogP contribution in [-0.4, -0.2) is 31.6 Å². The molecule has 2 heterocycles. The van der Waals surface area contributed by atoms with Crippen molar-refractivity contribution in [3.63, 3.8) is 0 Å². The number of anilines is 1. The maximum absolute atomic E-state index is 11.7.